The number of fused-ring (bicyclic) bond motifs is 1. The standard InChI is InChI=1S/C23H26FNO4/c1-28-19-11-20(12-19)29-18-5-6-21(24)22(13-18)25-9-8-16-10-15(3-7-23(26)27)2-4-17(16)14-25/h2,4-6,10,13,19-20H,3,7-9,11-12,14H2,1H3,(H,26,27). The van der Waals surface area contributed by atoms with Crippen molar-refractivity contribution in [1.82, 2.24) is 0 Å². The van der Waals surface area contributed by atoms with Gasteiger partial charge in [0.1, 0.15) is 17.7 Å². The van der Waals surface area contributed by atoms with Crippen molar-refractivity contribution in [2.24, 2.45) is 0 Å². The van der Waals surface area contributed by atoms with Gasteiger partial charge in [-0.2, -0.15) is 0 Å². The molecular formula is C23H26FNO4. The number of hydrogen-bond acceptors (Lipinski definition) is 4. The lowest BCUT2D eigenvalue weighted by molar-refractivity contribution is -0.136. The minimum atomic E-state index is -0.786. The molecular weight excluding hydrogens is 373 g/mol. The van der Waals surface area contributed by atoms with E-state index >= 15 is 0 Å². The molecule has 1 aliphatic heterocycles. The van der Waals surface area contributed by atoms with Crippen LogP contribution in [-0.2, 0) is 28.9 Å². The fraction of sp³-hybridized carbons (Fsp3) is 0.435. The van der Waals surface area contributed by atoms with Crippen LogP contribution in [0.3, 0.4) is 0 Å². The van der Waals surface area contributed by atoms with Crippen molar-refractivity contribution in [3.8, 4) is 5.75 Å². The molecule has 0 amide bonds. The maximum atomic E-state index is 14.5. The van der Waals surface area contributed by atoms with Crippen molar-refractivity contribution in [3.63, 3.8) is 0 Å². The number of methoxy groups -OCH3 is 1. The summed E-state index contributed by atoms with van der Waals surface area (Å²) in [6.07, 6.45) is 3.59. The molecule has 2 aliphatic rings. The second kappa shape index (κ2) is 8.41. The van der Waals surface area contributed by atoms with Crippen LogP contribution in [0.1, 0.15) is 36.0 Å². The molecule has 1 heterocycles. The number of carboxylic acid groups (broad SMARTS) is 1. The van der Waals surface area contributed by atoms with Crippen molar-refractivity contribution in [3.05, 3.63) is 58.9 Å². The number of carboxylic acids is 1. The van der Waals surface area contributed by atoms with Crippen LogP contribution in [0.5, 0.6) is 5.75 Å². The van der Waals surface area contributed by atoms with E-state index in [0.717, 1.165) is 30.4 Å². The zero-order valence-electron chi connectivity index (χ0n) is 16.6. The smallest absolute Gasteiger partial charge is 0.303 e. The first kappa shape index (κ1) is 19.7. The molecule has 4 rings (SSSR count). The zero-order valence-corrected chi connectivity index (χ0v) is 16.6. The van der Waals surface area contributed by atoms with Crippen LogP contribution >= 0.6 is 0 Å². The number of rotatable bonds is 7. The lowest BCUT2D eigenvalue weighted by Gasteiger charge is -2.35. The molecule has 2 aromatic carbocycles. The molecule has 0 unspecified atom stereocenters. The second-order valence-corrected chi connectivity index (χ2v) is 7.85. The predicted octanol–water partition coefficient (Wildman–Crippen LogP) is 3.96. The maximum absolute atomic E-state index is 14.5. The summed E-state index contributed by atoms with van der Waals surface area (Å²) < 4.78 is 25.8. The topological polar surface area (TPSA) is 59.0 Å². The van der Waals surface area contributed by atoms with E-state index in [1.807, 2.05) is 17.0 Å². The van der Waals surface area contributed by atoms with E-state index in [1.165, 1.54) is 11.6 Å². The van der Waals surface area contributed by atoms with Crippen LogP contribution < -0.4 is 9.64 Å². The van der Waals surface area contributed by atoms with Crippen LogP contribution in [0.4, 0.5) is 10.1 Å². The second-order valence-electron chi connectivity index (χ2n) is 7.85. The summed E-state index contributed by atoms with van der Waals surface area (Å²) in [5.41, 5.74) is 3.97. The van der Waals surface area contributed by atoms with Crippen molar-refractivity contribution >= 4 is 11.7 Å². The average molecular weight is 399 g/mol. The highest BCUT2D eigenvalue weighted by Crippen LogP contribution is 2.33. The third-order valence-corrected chi connectivity index (χ3v) is 5.86. The minimum Gasteiger partial charge on any atom is -0.490 e. The number of aliphatic carboxylic acids is 1. The van der Waals surface area contributed by atoms with Gasteiger partial charge in [-0.3, -0.25) is 4.79 Å². The van der Waals surface area contributed by atoms with Crippen molar-refractivity contribution in [1.29, 1.82) is 0 Å². The van der Waals surface area contributed by atoms with E-state index in [0.29, 0.717) is 30.9 Å². The van der Waals surface area contributed by atoms with Gasteiger partial charge >= 0.3 is 5.97 Å². The number of hydrogen-bond donors (Lipinski definition) is 1. The number of anilines is 1. The van der Waals surface area contributed by atoms with E-state index in [2.05, 4.69) is 6.07 Å². The Bertz CT molecular complexity index is 894. The molecule has 5 nitrogen and oxygen atoms in total. The Morgan fingerprint density at radius 1 is 1.17 bits per heavy atom. The summed E-state index contributed by atoms with van der Waals surface area (Å²) in [4.78, 5) is 12.8. The van der Waals surface area contributed by atoms with Crippen LogP contribution in [-0.4, -0.2) is 36.9 Å². The minimum absolute atomic E-state index is 0.129. The lowest BCUT2D eigenvalue weighted by Crippen LogP contribution is -2.38. The summed E-state index contributed by atoms with van der Waals surface area (Å²) in [6.45, 7) is 1.34. The highest BCUT2D eigenvalue weighted by atomic mass is 19.1. The molecule has 6 heteroatoms. The third-order valence-electron chi connectivity index (χ3n) is 5.86. The van der Waals surface area contributed by atoms with Crippen molar-refractivity contribution in [2.45, 2.75) is 50.9 Å². The fourth-order valence-corrected chi connectivity index (χ4v) is 4.03. The number of ether oxygens (including phenoxy) is 2. The third kappa shape index (κ3) is 4.53. The molecule has 0 atom stereocenters. The molecule has 154 valence electrons. The number of halogens is 1. The molecule has 1 N–H and O–H groups in total. The van der Waals surface area contributed by atoms with Gasteiger partial charge < -0.3 is 19.5 Å². The normalized spacial score (nSPS) is 20.7. The first-order chi connectivity index (χ1) is 14.0. The number of aryl methyl sites for hydroxylation is 1. The summed E-state index contributed by atoms with van der Waals surface area (Å²) in [5, 5.41) is 8.86. The predicted molar refractivity (Wildman–Crippen MR) is 108 cm³/mol. The Balaban J connectivity index is 1.44. The fourth-order valence-electron chi connectivity index (χ4n) is 4.03. The summed E-state index contributed by atoms with van der Waals surface area (Å²) in [6, 6.07) is 11.1. The van der Waals surface area contributed by atoms with E-state index < -0.39 is 5.97 Å². The van der Waals surface area contributed by atoms with Gasteiger partial charge in [0.05, 0.1) is 11.8 Å². The maximum Gasteiger partial charge on any atom is 0.303 e. The lowest BCUT2D eigenvalue weighted by atomic mass is 9.92. The Morgan fingerprint density at radius 2 is 2.00 bits per heavy atom. The Morgan fingerprint density at radius 3 is 2.76 bits per heavy atom. The van der Waals surface area contributed by atoms with Crippen molar-refractivity contribution < 1.29 is 23.8 Å². The van der Waals surface area contributed by atoms with Gasteiger partial charge in [0.25, 0.3) is 0 Å². The summed E-state index contributed by atoms with van der Waals surface area (Å²) >= 11 is 0. The largest absolute Gasteiger partial charge is 0.490 e. The Labute approximate surface area is 170 Å². The molecule has 0 spiro atoms. The first-order valence-electron chi connectivity index (χ1n) is 10.1. The number of nitrogens with zero attached hydrogens (tertiary/aromatic N) is 1. The highest BCUT2D eigenvalue weighted by Gasteiger charge is 2.31. The van der Waals surface area contributed by atoms with Crippen LogP contribution in [0.2, 0.25) is 0 Å². The van der Waals surface area contributed by atoms with Gasteiger partial charge in [0.15, 0.2) is 0 Å². The van der Waals surface area contributed by atoms with Crippen LogP contribution in [0.25, 0.3) is 0 Å². The van der Waals surface area contributed by atoms with E-state index in [9.17, 15) is 9.18 Å². The van der Waals surface area contributed by atoms with Gasteiger partial charge in [-0.15, -0.1) is 0 Å². The molecule has 0 radical (unpaired) electrons. The van der Waals surface area contributed by atoms with E-state index in [-0.39, 0.29) is 24.4 Å². The number of carbonyl (C=O) groups is 1. The van der Waals surface area contributed by atoms with E-state index in [4.69, 9.17) is 14.6 Å². The molecule has 0 bridgehead atoms. The molecule has 29 heavy (non-hydrogen) atoms. The molecule has 2 aromatic rings. The summed E-state index contributed by atoms with van der Waals surface area (Å²) in [5.74, 6) is -0.343. The average Bonchev–Trinajstić information content (AvgIpc) is 2.69. The van der Waals surface area contributed by atoms with Gasteiger partial charge in [-0.05, 0) is 41.7 Å². The van der Waals surface area contributed by atoms with E-state index in [1.54, 1.807) is 19.2 Å². The van der Waals surface area contributed by atoms with Gasteiger partial charge in [-0.1, -0.05) is 18.2 Å². The van der Waals surface area contributed by atoms with Gasteiger partial charge in [-0.25, -0.2) is 4.39 Å². The quantitative estimate of drug-likeness (QED) is 0.764. The Kier molecular flexibility index (Phi) is 5.72. The van der Waals surface area contributed by atoms with Gasteiger partial charge in [0, 0.05) is 45.5 Å². The molecule has 0 aromatic heterocycles. The van der Waals surface area contributed by atoms with Crippen molar-refractivity contribution in [2.75, 3.05) is 18.6 Å². The zero-order chi connectivity index (χ0) is 20.4. The summed E-state index contributed by atoms with van der Waals surface area (Å²) in [7, 11) is 1.71. The molecule has 1 fully saturated rings. The number of benzene rings is 2. The molecule has 1 saturated carbocycles. The van der Waals surface area contributed by atoms with Crippen LogP contribution in [0.15, 0.2) is 36.4 Å². The van der Waals surface area contributed by atoms with Crippen LogP contribution in [0, 0.1) is 5.82 Å². The monoisotopic (exact) mass is 399 g/mol. The highest BCUT2D eigenvalue weighted by molar-refractivity contribution is 5.67. The molecule has 1 aliphatic carbocycles. The Hall–Kier alpha value is -2.60. The SMILES string of the molecule is COC1CC(Oc2ccc(F)c(N3CCc4cc(CCC(=O)O)ccc4C3)c2)C1. The first-order valence-corrected chi connectivity index (χ1v) is 10.1. The molecule has 0 saturated heterocycles. The van der Waals surface area contributed by atoms with Gasteiger partial charge in [0.2, 0.25) is 0 Å².